The van der Waals surface area contributed by atoms with Crippen molar-refractivity contribution in [2.24, 2.45) is 5.73 Å². The highest BCUT2D eigenvalue weighted by molar-refractivity contribution is 5.92. The lowest BCUT2D eigenvalue weighted by molar-refractivity contribution is 0.0995. The molecule has 3 amide bonds. The number of nitrogens with zero attached hydrogens (tertiary/aromatic N) is 3. The fraction of sp³-hybridized carbons (Fsp3) is 0.438. The van der Waals surface area contributed by atoms with Crippen LogP contribution in [0, 0.1) is 0 Å². The van der Waals surface area contributed by atoms with E-state index in [1.807, 2.05) is 4.90 Å². The van der Waals surface area contributed by atoms with Gasteiger partial charge in [0, 0.05) is 32.2 Å². The Kier molecular flexibility index (Phi) is 4.57. The lowest BCUT2D eigenvalue weighted by atomic mass is 10.0. The molecule has 1 aromatic rings. The van der Waals surface area contributed by atoms with Crippen LogP contribution in [0.2, 0.25) is 0 Å². The van der Waals surface area contributed by atoms with Crippen molar-refractivity contribution in [3.63, 3.8) is 0 Å². The van der Waals surface area contributed by atoms with E-state index in [0.29, 0.717) is 11.7 Å². The number of carbonyl (C=O) groups is 2. The molecule has 122 valence electrons. The minimum atomic E-state index is -0.582. The summed E-state index contributed by atoms with van der Waals surface area (Å²) in [6.07, 6.45) is 7.83. The van der Waals surface area contributed by atoms with E-state index in [0.717, 1.165) is 39.0 Å². The van der Waals surface area contributed by atoms with E-state index in [4.69, 9.17) is 5.73 Å². The summed E-state index contributed by atoms with van der Waals surface area (Å²) >= 11 is 0. The number of piperidine rings is 1. The van der Waals surface area contributed by atoms with E-state index in [1.54, 1.807) is 6.07 Å². The Morgan fingerprint density at radius 1 is 1.17 bits per heavy atom. The zero-order valence-corrected chi connectivity index (χ0v) is 12.9. The predicted molar refractivity (Wildman–Crippen MR) is 87.1 cm³/mol. The molecule has 0 aromatic carbocycles. The Bertz CT molecular complexity index is 597. The molecule has 0 radical (unpaired) electrons. The van der Waals surface area contributed by atoms with E-state index in [2.05, 4.69) is 27.4 Å². The Hall–Kier alpha value is -2.41. The van der Waals surface area contributed by atoms with Crippen molar-refractivity contribution < 1.29 is 9.59 Å². The van der Waals surface area contributed by atoms with Crippen molar-refractivity contribution in [1.29, 1.82) is 0 Å². The molecule has 0 spiro atoms. The quantitative estimate of drug-likeness (QED) is 0.816. The summed E-state index contributed by atoms with van der Waals surface area (Å²) in [5.41, 5.74) is 5.89. The van der Waals surface area contributed by atoms with Crippen LogP contribution < -0.4 is 11.1 Å². The summed E-state index contributed by atoms with van der Waals surface area (Å²) in [5.74, 6) is -0.582. The molecule has 0 bridgehead atoms. The van der Waals surface area contributed by atoms with Crippen LogP contribution in [0.3, 0.4) is 0 Å². The number of amides is 3. The van der Waals surface area contributed by atoms with Gasteiger partial charge in [0.2, 0.25) is 0 Å². The van der Waals surface area contributed by atoms with E-state index >= 15 is 0 Å². The van der Waals surface area contributed by atoms with Crippen molar-refractivity contribution in [3.8, 4) is 0 Å². The molecule has 2 aliphatic heterocycles. The molecule has 0 atom stereocenters. The van der Waals surface area contributed by atoms with Gasteiger partial charge in [0.25, 0.3) is 5.91 Å². The minimum Gasteiger partial charge on any atom is -0.364 e. The van der Waals surface area contributed by atoms with Gasteiger partial charge in [-0.05, 0) is 25.0 Å². The van der Waals surface area contributed by atoms with Gasteiger partial charge in [0.15, 0.2) is 0 Å². The van der Waals surface area contributed by atoms with Gasteiger partial charge in [-0.25, -0.2) is 9.78 Å². The molecule has 0 unspecified atom stereocenters. The zero-order valence-electron chi connectivity index (χ0n) is 12.9. The second-order valence-corrected chi connectivity index (χ2v) is 5.87. The summed E-state index contributed by atoms with van der Waals surface area (Å²) in [6, 6.07) is 3.57. The van der Waals surface area contributed by atoms with Crippen molar-refractivity contribution >= 4 is 17.6 Å². The molecule has 3 N–H and O–H groups in total. The topological polar surface area (TPSA) is 91.6 Å². The molecule has 7 nitrogen and oxygen atoms in total. The first kappa shape index (κ1) is 15.5. The maximum Gasteiger partial charge on any atom is 0.321 e. The van der Waals surface area contributed by atoms with E-state index in [9.17, 15) is 9.59 Å². The van der Waals surface area contributed by atoms with Crippen molar-refractivity contribution in [2.75, 3.05) is 31.5 Å². The number of nitrogens with one attached hydrogen (secondary N) is 1. The SMILES string of the molecule is NC(=O)c1ccc(NC(=O)N2CCC(N3CC=CC3)CC2)cn1. The average Bonchev–Trinajstić information content (AvgIpc) is 3.10. The van der Waals surface area contributed by atoms with Crippen LogP contribution in [0.5, 0.6) is 0 Å². The molecular formula is C16H21N5O2. The Balaban J connectivity index is 1.50. The number of anilines is 1. The number of hydrogen-bond donors (Lipinski definition) is 2. The lowest BCUT2D eigenvalue weighted by Crippen LogP contribution is -2.47. The summed E-state index contributed by atoms with van der Waals surface area (Å²) in [6.45, 7) is 3.54. The highest BCUT2D eigenvalue weighted by atomic mass is 16.2. The summed E-state index contributed by atoms with van der Waals surface area (Å²) in [5, 5.41) is 2.81. The number of primary amides is 1. The number of rotatable bonds is 3. The minimum absolute atomic E-state index is 0.128. The third-order valence-electron chi connectivity index (χ3n) is 4.38. The molecule has 7 heteroatoms. The second kappa shape index (κ2) is 6.78. The number of pyridine rings is 1. The fourth-order valence-electron chi connectivity index (χ4n) is 3.04. The second-order valence-electron chi connectivity index (χ2n) is 5.87. The fourth-order valence-corrected chi connectivity index (χ4v) is 3.04. The van der Waals surface area contributed by atoms with Crippen LogP contribution in [-0.2, 0) is 0 Å². The average molecular weight is 315 g/mol. The first-order valence-electron chi connectivity index (χ1n) is 7.84. The van der Waals surface area contributed by atoms with Crippen molar-refractivity contribution in [1.82, 2.24) is 14.8 Å². The molecule has 0 aliphatic carbocycles. The van der Waals surface area contributed by atoms with E-state index in [1.165, 1.54) is 12.3 Å². The summed E-state index contributed by atoms with van der Waals surface area (Å²) < 4.78 is 0. The third kappa shape index (κ3) is 3.68. The first-order valence-corrected chi connectivity index (χ1v) is 7.84. The molecule has 1 fully saturated rings. The van der Waals surface area contributed by atoms with Crippen molar-refractivity contribution in [2.45, 2.75) is 18.9 Å². The molecule has 2 aliphatic rings. The van der Waals surface area contributed by atoms with Crippen LogP contribution in [0.25, 0.3) is 0 Å². The molecule has 1 saturated heterocycles. The highest BCUT2D eigenvalue weighted by Gasteiger charge is 2.27. The number of urea groups is 1. The number of carbonyl (C=O) groups excluding carboxylic acids is 2. The largest absolute Gasteiger partial charge is 0.364 e. The van der Waals surface area contributed by atoms with Gasteiger partial charge in [-0.3, -0.25) is 9.69 Å². The Morgan fingerprint density at radius 3 is 2.43 bits per heavy atom. The highest BCUT2D eigenvalue weighted by Crippen LogP contribution is 2.19. The van der Waals surface area contributed by atoms with Gasteiger partial charge in [0.1, 0.15) is 5.69 Å². The number of likely N-dealkylation sites (tertiary alicyclic amines) is 1. The summed E-state index contributed by atoms with van der Waals surface area (Å²) in [4.78, 5) is 31.4. The maximum atomic E-state index is 12.3. The Labute approximate surface area is 135 Å². The third-order valence-corrected chi connectivity index (χ3v) is 4.38. The van der Waals surface area contributed by atoms with Crippen LogP contribution in [0.1, 0.15) is 23.3 Å². The molecule has 3 rings (SSSR count). The monoisotopic (exact) mass is 315 g/mol. The van der Waals surface area contributed by atoms with Gasteiger partial charge in [-0.2, -0.15) is 0 Å². The molecule has 3 heterocycles. The molecular weight excluding hydrogens is 294 g/mol. The van der Waals surface area contributed by atoms with Crippen LogP contribution in [0.4, 0.5) is 10.5 Å². The van der Waals surface area contributed by atoms with Crippen molar-refractivity contribution in [3.05, 3.63) is 36.2 Å². The zero-order chi connectivity index (χ0) is 16.2. The smallest absolute Gasteiger partial charge is 0.321 e. The van der Waals surface area contributed by atoms with E-state index < -0.39 is 5.91 Å². The van der Waals surface area contributed by atoms with Gasteiger partial charge >= 0.3 is 6.03 Å². The van der Waals surface area contributed by atoms with Gasteiger partial charge < -0.3 is 16.0 Å². The summed E-state index contributed by atoms with van der Waals surface area (Å²) in [7, 11) is 0. The Morgan fingerprint density at radius 2 is 1.87 bits per heavy atom. The van der Waals surface area contributed by atoms with Gasteiger partial charge in [-0.1, -0.05) is 12.2 Å². The standard InChI is InChI=1S/C16H21N5O2/c17-15(22)14-4-3-12(11-18-14)19-16(23)21-9-5-13(6-10-21)20-7-1-2-8-20/h1-4,11,13H,5-10H2,(H2,17,22)(H,19,23). The van der Waals surface area contributed by atoms with Crippen LogP contribution in [-0.4, -0.2) is 58.9 Å². The van der Waals surface area contributed by atoms with Gasteiger partial charge in [0.05, 0.1) is 11.9 Å². The van der Waals surface area contributed by atoms with Gasteiger partial charge in [-0.15, -0.1) is 0 Å². The van der Waals surface area contributed by atoms with Crippen LogP contribution >= 0.6 is 0 Å². The lowest BCUT2D eigenvalue weighted by Gasteiger charge is -2.36. The number of hydrogen-bond acceptors (Lipinski definition) is 4. The molecule has 23 heavy (non-hydrogen) atoms. The molecule has 1 aromatic heterocycles. The number of aromatic nitrogens is 1. The van der Waals surface area contributed by atoms with E-state index in [-0.39, 0.29) is 11.7 Å². The normalized spacial score (nSPS) is 19.0. The molecule has 0 saturated carbocycles. The maximum absolute atomic E-state index is 12.3. The van der Waals surface area contributed by atoms with Crippen LogP contribution in [0.15, 0.2) is 30.5 Å². The first-order chi connectivity index (χ1) is 11.1. The number of nitrogens with two attached hydrogens (primary N) is 1. The predicted octanol–water partition coefficient (Wildman–Crippen LogP) is 1.05.